The number of hydrazone groups is 1. The Morgan fingerprint density at radius 1 is 1.16 bits per heavy atom. The Balaban J connectivity index is 1.65. The number of hydrogen-bond donors (Lipinski definition) is 3. The molecule has 1 aromatic heterocycles. The first-order valence-electron chi connectivity index (χ1n) is 8.27. The Morgan fingerprint density at radius 2 is 2.00 bits per heavy atom. The standard InChI is InChI=1S/C19H19N5O/c20-16(8-12-4-2-1-3-5-12)18-23-17-7-6-13(14-10-21-22-11-14)9-15(17)19(25)24-18/h1-7,9-10,14,16,22H,8,11,20H2,(H,23,24,25)/t14?,16-/m0/s1. The van der Waals surface area contributed by atoms with E-state index in [-0.39, 0.29) is 17.8 Å². The van der Waals surface area contributed by atoms with Gasteiger partial charge in [0.2, 0.25) is 5.88 Å². The minimum Gasteiger partial charge on any atom is -0.493 e. The Labute approximate surface area is 145 Å². The predicted octanol–water partition coefficient (Wildman–Crippen LogP) is 2.25. The summed E-state index contributed by atoms with van der Waals surface area (Å²) in [7, 11) is 0. The van der Waals surface area contributed by atoms with E-state index in [2.05, 4.69) is 20.5 Å². The van der Waals surface area contributed by atoms with Gasteiger partial charge in [-0.05, 0) is 29.7 Å². The third kappa shape index (κ3) is 3.16. The van der Waals surface area contributed by atoms with Crippen molar-refractivity contribution in [2.24, 2.45) is 10.8 Å². The minimum absolute atomic E-state index is 0.0340. The lowest BCUT2D eigenvalue weighted by atomic mass is 9.99. The number of rotatable bonds is 4. The lowest BCUT2D eigenvalue weighted by Gasteiger charge is -2.13. The molecule has 0 saturated carbocycles. The average Bonchev–Trinajstić information content (AvgIpc) is 3.17. The smallest absolute Gasteiger partial charge is 0.222 e. The molecule has 0 saturated heterocycles. The zero-order valence-corrected chi connectivity index (χ0v) is 13.6. The van der Waals surface area contributed by atoms with E-state index in [9.17, 15) is 5.11 Å². The van der Waals surface area contributed by atoms with Gasteiger partial charge in [-0.25, -0.2) is 4.98 Å². The average molecular weight is 333 g/mol. The summed E-state index contributed by atoms with van der Waals surface area (Å²) in [6.07, 6.45) is 2.48. The number of aromatic nitrogens is 2. The number of nitrogens with two attached hydrogens (primary N) is 1. The second-order valence-corrected chi connectivity index (χ2v) is 6.23. The molecular weight excluding hydrogens is 314 g/mol. The first kappa shape index (κ1) is 15.5. The summed E-state index contributed by atoms with van der Waals surface area (Å²) in [6.45, 7) is 0.757. The normalized spacial score (nSPS) is 17.6. The molecule has 6 heteroatoms. The zero-order valence-electron chi connectivity index (χ0n) is 13.6. The highest BCUT2D eigenvalue weighted by Crippen LogP contribution is 2.27. The van der Waals surface area contributed by atoms with Gasteiger partial charge in [0, 0.05) is 18.7 Å². The Morgan fingerprint density at radius 3 is 2.76 bits per heavy atom. The summed E-state index contributed by atoms with van der Waals surface area (Å²) in [5.41, 5.74) is 12.1. The first-order chi connectivity index (χ1) is 12.2. The molecule has 2 aromatic carbocycles. The molecular formula is C19H19N5O. The van der Waals surface area contributed by atoms with Crippen LogP contribution in [0.1, 0.15) is 28.9 Å². The highest BCUT2D eigenvalue weighted by atomic mass is 16.3. The topological polar surface area (TPSA) is 96.4 Å². The maximum absolute atomic E-state index is 10.4. The maximum Gasteiger partial charge on any atom is 0.222 e. The summed E-state index contributed by atoms with van der Waals surface area (Å²) in [4.78, 5) is 8.79. The molecule has 126 valence electrons. The van der Waals surface area contributed by atoms with Crippen LogP contribution in [0.15, 0.2) is 53.6 Å². The minimum atomic E-state index is -0.372. The second kappa shape index (κ2) is 6.49. The molecule has 4 rings (SSSR count). The number of nitrogens with zero attached hydrogens (tertiary/aromatic N) is 3. The van der Waals surface area contributed by atoms with Crippen LogP contribution in [0.5, 0.6) is 5.88 Å². The summed E-state index contributed by atoms with van der Waals surface area (Å²) in [6, 6.07) is 15.4. The monoisotopic (exact) mass is 333 g/mol. The van der Waals surface area contributed by atoms with E-state index < -0.39 is 0 Å². The highest BCUT2D eigenvalue weighted by molar-refractivity contribution is 5.85. The molecule has 3 aromatic rings. The molecule has 0 aliphatic carbocycles. The Bertz CT molecular complexity index is 926. The fourth-order valence-electron chi connectivity index (χ4n) is 3.05. The van der Waals surface area contributed by atoms with Crippen molar-refractivity contribution in [2.75, 3.05) is 6.54 Å². The van der Waals surface area contributed by atoms with Crippen molar-refractivity contribution >= 4 is 17.1 Å². The highest BCUT2D eigenvalue weighted by Gasteiger charge is 2.17. The van der Waals surface area contributed by atoms with Gasteiger partial charge >= 0.3 is 0 Å². The van der Waals surface area contributed by atoms with E-state index in [1.165, 1.54) is 0 Å². The molecule has 2 atom stereocenters. The molecule has 1 aliphatic heterocycles. The fraction of sp³-hybridized carbons (Fsp3) is 0.211. The molecule has 2 heterocycles. The number of nitrogens with one attached hydrogen (secondary N) is 1. The Hall–Kier alpha value is -2.99. The van der Waals surface area contributed by atoms with Gasteiger partial charge in [-0.1, -0.05) is 36.4 Å². The first-order valence-corrected chi connectivity index (χ1v) is 8.27. The molecule has 0 spiro atoms. The van der Waals surface area contributed by atoms with Gasteiger partial charge in [0.05, 0.1) is 16.9 Å². The van der Waals surface area contributed by atoms with Crippen molar-refractivity contribution in [1.29, 1.82) is 0 Å². The van der Waals surface area contributed by atoms with Gasteiger partial charge < -0.3 is 16.3 Å². The second-order valence-electron chi connectivity index (χ2n) is 6.23. The summed E-state index contributed by atoms with van der Waals surface area (Å²) >= 11 is 0. The van der Waals surface area contributed by atoms with Gasteiger partial charge in [0.15, 0.2) is 0 Å². The van der Waals surface area contributed by atoms with Crippen LogP contribution >= 0.6 is 0 Å². The van der Waals surface area contributed by atoms with E-state index in [4.69, 9.17) is 5.73 Å². The molecule has 6 nitrogen and oxygen atoms in total. The molecule has 1 aliphatic rings. The molecule has 0 amide bonds. The molecule has 0 fully saturated rings. The predicted molar refractivity (Wildman–Crippen MR) is 97.5 cm³/mol. The largest absolute Gasteiger partial charge is 0.493 e. The van der Waals surface area contributed by atoms with Crippen LogP contribution in [0.2, 0.25) is 0 Å². The molecule has 0 bridgehead atoms. The molecule has 4 N–H and O–H groups in total. The zero-order chi connectivity index (χ0) is 17.2. The van der Waals surface area contributed by atoms with Crippen molar-refractivity contribution in [3.63, 3.8) is 0 Å². The van der Waals surface area contributed by atoms with Crippen LogP contribution in [0.3, 0.4) is 0 Å². The SMILES string of the molecule is N[C@@H](Cc1ccccc1)c1nc(O)c2cc(C3C=NNC3)ccc2n1. The van der Waals surface area contributed by atoms with Crippen molar-refractivity contribution in [1.82, 2.24) is 15.4 Å². The van der Waals surface area contributed by atoms with Gasteiger partial charge in [0.1, 0.15) is 5.82 Å². The quantitative estimate of drug-likeness (QED) is 0.680. The lowest BCUT2D eigenvalue weighted by Crippen LogP contribution is -2.17. The van der Waals surface area contributed by atoms with Crippen LogP contribution in [-0.2, 0) is 6.42 Å². The van der Waals surface area contributed by atoms with Crippen LogP contribution in [0, 0.1) is 0 Å². The lowest BCUT2D eigenvalue weighted by molar-refractivity contribution is 0.453. The fourth-order valence-corrected chi connectivity index (χ4v) is 3.05. The van der Waals surface area contributed by atoms with E-state index in [0.717, 1.165) is 17.7 Å². The molecule has 0 radical (unpaired) electrons. The third-order valence-corrected chi connectivity index (χ3v) is 4.43. The van der Waals surface area contributed by atoms with Crippen molar-refractivity contribution in [3.05, 3.63) is 65.5 Å². The molecule has 1 unspecified atom stereocenters. The van der Waals surface area contributed by atoms with E-state index in [0.29, 0.717) is 23.1 Å². The van der Waals surface area contributed by atoms with Crippen molar-refractivity contribution in [2.45, 2.75) is 18.4 Å². The van der Waals surface area contributed by atoms with Gasteiger partial charge in [-0.15, -0.1) is 0 Å². The molecule has 25 heavy (non-hydrogen) atoms. The number of fused-ring (bicyclic) bond motifs is 1. The van der Waals surface area contributed by atoms with Gasteiger partial charge in [0.25, 0.3) is 0 Å². The van der Waals surface area contributed by atoms with Gasteiger partial charge in [-0.2, -0.15) is 10.1 Å². The van der Waals surface area contributed by atoms with E-state index in [1.54, 1.807) is 0 Å². The van der Waals surface area contributed by atoms with Gasteiger partial charge in [-0.3, -0.25) is 0 Å². The van der Waals surface area contributed by atoms with Crippen molar-refractivity contribution < 1.29 is 5.11 Å². The number of hydrogen-bond acceptors (Lipinski definition) is 6. The summed E-state index contributed by atoms with van der Waals surface area (Å²) in [5.74, 6) is 0.614. The van der Waals surface area contributed by atoms with Crippen molar-refractivity contribution in [3.8, 4) is 5.88 Å². The summed E-state index contributed by atoms with van der Waals surface area (Å²) in [5, 5.41) is 15.0. The van der Waals surface area contributed by atoms with E-state index >= 15 is 0 Å². The Kier molecular flexibility index (Phi) is 4.03. The summed E-state index contributed by atoms with van der Waals surface area (Å²) < 4.78 is 0. The number of aromatic hydroxyl groups is 1. The number of benzene rings is 2. The maximum atomic E-state index is 10.4. The third-order valence-electron chi connectivity index (χ3n) is 4.43. The van der Waals surface area contributed by atoms with Crippen LogP contribution in [0.4, 0.5) is 0 Å². The van der Waals surface area contributed by atoms with Crippen LogP contribution < -0.4 is 11.2 Å². The van der Waals surface area contributed by atoms with E-state index in [1.807, 2.05) is 54.7 Å². The van der Waals surface area contributed by atoms with Crippen LogP contribution in [-0.4, -0.2) is 27.8 Å². The van der Waals surface area contributed by atoms with Crippen LogP contribution in [0.25, 0.3) is 10.9 Å².